The van der Waals surface area contributed by atoms with Crippen molar-refractivity contribution in [2.45, 2.75) is 32.7 Å². The molecular formula is C16H24ClN3O2. The first kappa shape index (κ1) is 18.5. The molecule has 2 N–H and O–H groups in total. The molecule has 0 aliphatic carbocycles. The van der Waals surface area contributed by atoms with E-state index in [9.17, 15) is 9.59 Å². The van der Waals surface area contributed by atoms with Gasteiger partial charge in [-0.05, 0) is 51.6 Å². The van der Waals surface area contributed by atoms with Crippen molar-refractivity contribution in [3.05, 3.63) is 29.3 Å². The lowest BCUT2D eigenvalue weighted by atomic mass is 10.0. The number of amides is 2. The maximum absolute atomic E-state index is 11.9. The molecule has 0 bridgehead atoms. The van der Waals surface area contributed by atoms with Crippen LogP contribution in [-0.2, 0) is 9.59 Å². The fourth-order valence-electron chi connectivity index (χ4n) is 1.79. The van der Waals surface area contributed by atoms with Crippen LogP contribution in [0.25, 0.3) is 0 Å². The van der Waals surface area contributed by atoms with Gasteiger partial charge in [-0.1, -0.05) is 18.5 Å². The third kappa shape index (κ3) is 6.91. The summed E-state index contributed by atoms with van der Waals surface area (Å²) in [6.45, 7) is 6.28. The van der Waals surface area contributed by atoms with Crippen LogP contribution in [-0.4, -0.2) is 42.4 Å². The minimum absolute atomic E-state index is 0.0892. The van der Waals surface area contributed by atoms with E-state index in [0.29, 0.717) is 10.7 Å². The first-order chi connectivity index (χ1) is 10.2. The first-order valence-corrected chi connectivity index (χ1v) is 7.64. The lowest BCUT2D eigenvalue weighted by molar-refractivity contribution is -0.124. The number of benzene rings is 1. The lowest BCUT2D eigenvalue weighted by Gasteiger charge is -2.26. The van der Waals surface area contributed by atoms with E-state index in [4.69, 9.17) is 11.6 Å². The zero-order valence-corrected chi connectivity index (χ0v) is 14.3. The first-order valence-electron chi connectivity index (χ1n) is 7.27. The molecule has 0 fully saturated rings. The quantitative estimate of drug-likeness (QED) is 0.809. The van der Waals surface area contributed by atoms with E-state index in [1.54, 1.807) is 36.2 Å². The number of carbonyl (C=O) groups excluding carboxylic acids is 2. The lowest BCUT2D eigenvalue weighted by Crippen LogP contribution is -2.47. The SMILES string of the molecule is CCC(C)(C)NC(=O)CN(C)CC(=O)Nc1ccc(Cl)cc1. The van der Waals surface area contributed by atoms with Crippen LogP contribution >= 0.6 is 11.6 Å². The number of rotatable bonds is 7. The molecule has 1 aromatic carbocycles. The van der Waals surface area contributed by atoms with E-state index < -0.39 is 0 Å². The van der Waals surface area contributed by atoms with Gasteiger partial charge < -0.3 is 10.6 Å². The van der Waals surface area contributed by atoms with E-state index in [2.05, 4.69) is 10.6 Å². The Balaban J connectivity index is 2.41. The highest BCUT2D eigenvalue weighted by Crippen LogP contribution is 2.13. The van der Waals surface area contributed by atoms with Gasteiger partial charge in [0, 0.05) is 16.2 Å². The molecule has 0 aliphatic rings. The number of likely N-dealkylation sites (N-methyl/N-ethyl adjacent to an activating group) is 1. The van der Waals surface area contributed by atoms with E-state index in [1.165, 1.54) is 0 Å². The van der Waals surface area contributed by atoms with Crippen molar-refractivity contribution in [1.82, 2.24) is 10.2 Å². The van der Waals surface area contributed by atoms with Crippen LogP contribution in [0.5, 0.6) is 0 Å². The molecular weight excluding hydrogens is 302 g/mol. The molecule has 1 aromatic rings. The number of carbonyl (C=O) groups is 2. The average Bonchev–Trinajstić information content (AvgIpc) is 2.40. The number of nitrogens with one attached hydrogen (secondary N) is 2. The van der Waals surface area contributed by atoms with Gasteiger partial charge in [-0.3, -0.25) is 14.5 Å². The Morgan fingerprint density at radius 1 is 1.14 bits per heavy atom. The standard InChI is InChI=1S/C16H24ClN3O2/c1-5-16(2,3)19-15(22)11-20(4)10-14(21)18-13-8-6-12(17)7-9-13/h6-9H,5,10-11H2,1-4H3,(H,18,21)(H,19,22). The predicted molar refractivity (Wildman–Crippen MR) is 90.1 cm³/mol. The van der Waals surface area contributed by atoms with E-state index in [0.717, 1.165) is 6.42 Å². The van der Waals surface area contributed by atoms with Crippen LogP contribution in [0.2, 0.25) is 5.02 Å². The van der Waals surface area contributed by atoms with E-state index >= 15 is 0 Å². The van der Waals surface area contributed by atoms with Crippen molar-refractivity contribution in [3.63, 3.8) is 0 Å². The third-order valence-electron chi connectivity index (χ3n) is 3.32. The van der Waals surface area contributed by atoms with Crippen LogP contribution in [0.4, 0.5) is 5.69 Å². The minimum Gasteiger partial charge on any atom is -0.350 e. The van der Waals surface area contributed by atoms with Crippen LogP contribution < -0.4 is 10.6 Å². The fraction of sp³-hybridized carbons (Fsp3) is 0.500. The second-order valence-electron chi connectivity index (χ2n) is 6.01. The molecule has 6 heteroatoms. The van der Waals surface area contributed by atoms with Crippen LogP contribution in [0.15, 0.2) is 24.3 Å². The minimum atomic E-state index is -0.233. The molecule has 1 rings (SSSR count). The van der Waals surface area contributed by atoms with E-state index in [1.807, 2.05) is 20.8 Å². The molecule has 0 saturated heterocycles. The van der Waals surface area contributed by atoms with Gasteiger partial charge in [0.15, 0.2) is 0 Å². The van der Waals surface area contributed by atoms with Gasteiger partial charge in [-0.15, -0.1) is 0 Å². The molecule has 5 nitrogen and oxygen atoms in total. The Morgan fingerprint density at radius 2 is 1.68 bits per heavy atom. The summed E-state index contributed by atoms with van der Waals surface area (Å²) in [4.78, 5) is 25.5. The highest BCUT2D eigenvalue weighted by atomic mass is 35.5. The zero-order chi connectivity index (χ0) is 16.8. The van der Waals surface area contributed by atoms with Crippen molar-refractivity contribution in [1.29, 1.82) is 0 Å². The molecule has 22 heavy (non-hydrogen) atoms. The summed E-state index contributed by atoms with van der Waals surface area (Å²) in [6, 6.07) is 6.88. The molecule has 0 unspecified atom stereocenters. The molecule has 0 heterocycles. The van der Waals surface area contributed by atoms with E-state index in [-0.39, 0.29) is 30.4 Å². The number of anilines is 1. The summed E-state index contributed by atoms with van der Waals surface area (Å²) in [6.07, 6.45) is 0.847. The van der Waals surface area contributed by atoms with Crippen LogP contribution in [0, 0.1) is 0 Å². The Bertz CT molecular complexity index is 515. The van der Waals surface area contributed by atoms with Crippen molar-refractivity contribution in [2.24, 2.45) is 0 Å². The number of halogens is 1. The summed E-state index contributed by atoms with van der Waals surface area (Å²) in [5.74, 6) is -0.263. The van der Waals surface area contributed by atoms with Crippen LogP contribution in [0.3, 0.4) is 0 Å². The van der Waals surface area contributed by atoms with Gasteiger partial charge in [0.1, 0.15) is 0 Å². The van der Waals surface area contributed by atoms with Crippen molar-refractivity contribution in [3.8, 4) is 0 Å². The second-order valence-corrected chi connectivity index (χ2v) is 6.45. The predicted octanol–water partition coefficient (Wildman–Crippen LogP) is 2.52. The number of hydrogen-bond donors (Lipinski definition) is 2. The van der Waals surface area contributed by atoms with Crippen LogP contribution in [0.1, 0.15) is 27.2 Å². The molecule has 0 aromatic heterocycles. The Morgan fingerprint density at radius 3 is 2.23 bits per heavy atom. The maximum atomic E-state index is 11.9. The van der Waals surface area contributed by atoms with Crippen molar-refractivity contribution >= 4 is 29.1 Å². The smallest absolute Gasteiger partial charge is 0.238 e. The number of nitrogens with zero attached hydrogens (tertiary/aromatic N) is 1. The maximum Gasteiger partial charge on any atom is 0.238 e. The zero-order valence-electron chi connectivity index (χ0n) is 13.6. The van der Waals surface area contributed by atoms with Gasteiger partial charge in [-0.25, -0.2) is 0 Å². The normalized spacial score (nSPS) is 11.4. The molecule has 2 amide bonds. The summed E-state index contributed by atoms with van der Waals surface area (Å²) in [5, 5.41) is 6.32. The Kier molecular flexibility index (Phi) is 6.84. The highest BCUT2D eigenvalue weighted by molar-refractivity contribution is 6.30. The van der Waals surface area contributed by atoms with Gasteiger partial charge in [0.25, 0.3) is 0 Å². The summed E-state index contributed by atoms with van der Waals surface area (Å²) < 4.78 is 0. The van der Waals surface area contributed by atoms with Gasteiger partial charge in [0.2, 0.25) is 11.8 Å². The topological polar surface area (TPSA) is 61.4 Å². The fourth-order valence-corrected chi connectivity index (χ4v) is 1.91. The summed E-state index contributed by atoms with van der Waals surface area (Å²) >= 11 is 5.79. The molecule has 122 valence electrons. The third-order valence-corrected chi connectivity index (χ3v) is 3.57. The summed E-state index contributed by atoms with van der Waals surface area (Å²) in [7, 11) is 1.74. The van der Waals surface area contributed by atoms with Gasteiger partial charge >= 0.3 is 0 Å². The Labute approximate surface area is 137 Å². The average molecular weight is 326 g/mol. The largest absolute Gasteiger partial charge is 0.350 e. The molecule has 0 aliphatic heterocycles. The van der Waals surface area contributed by atoms with Gasteiger partial charge in [0.05, 0.1) is 13.1 Å². The number of hydrogen-bond acceptors (Lipinski definition) is 3. The molecule has 0 radical (unpaired) electrons. The molecule has 0 atom stereocenters. The van der Waals surface area contributed by atoms with Gasteiger partial charge in [-0.2, -0.15) is 0 Å². The Hall–Kier alpha value is -1.59. The summed E-state index contributed by atoms with van der Waals surface area (Å²) in [5.41, 5.74) is 0.447. The molecule has 0 saturated carbocycles. The molecule has 0 spiro atoms. The highest BCUT2D eigenvalue weighted by Gasteiger charge is 2.19. The second kappa shape index (κ2) is 8.15. The van der Waals surface area contributed by atoms with Crippen molar-refractivity contribution < 1.29 is 9.59 Å². The van der Waals surface area contributed by atoms with Crippen molar-refractivity contribution in [2.75, 3.05) is 25.5 Å². The monoisotopic (exact) mass is 325 g/mol.